The number of nitrogens with two attached hydrogens (primary N) is 4. The van der Waals surface area contributed by atoms with Gasteiger partial charge in [-0.3, -0.25) is 34.2 Å². The Morgan fingerprint density at radius 2 is 1.39 bits per heavy atom. The van der Waals surface area contributed by atoms with Crippen LogP contribution < -0.4 is 54.8 Å². The Morgan fingerprint density at radius 1 is 0.778 bits per heavy atom. The van der Waals surface area contributed by atoms with E-state index in [-0.39, 0.29) is 56.7 Å². The standard InChI is InChI=1S/C34H64N12O8/c1-19(2)17-24(29(49)41-18-26(47)46-16-8-12-25(46)31(51)43-23(33(53)54)10-6-14-36)44-30(50)22(11-7-15-40-34(38)39)42-32(52)27(20(3)4)45-28(48)21(37)9-5-13-35/h19-25,27H,5-18,35-37H2,1-4H3,(H,41,49)(H,42,52)(H,43,51)(H,44,50)(H,45,48)(H,53,54)(H4,38,39,40)/t21-,22-,23-,24-,25-,27-/m0/s1. The highest BCUT2D eigenvalue weighted by atomic mass is 16.4. The average molecular weight is 769 g/mol. The molecule has 0 spiro atoms. The van der Waals surface area contributed by atoms with Crippen LogP contribution in [0.2, 0.25) is 0 Å². The first-order valence-corrected chi connectivity index (χ1v) is 18.7. The summed E-state index contributed by atoms with van der Waals surface area (Å²) >= 11 is 0. The second-order valence-electron chi connectivity index (χ2n) is 14.3. The van der Waals surface area contributed by atoms with Crippen LogP contribution >= 0.6 is 0 Å². The highest BCUT2D eigenvalue weighted by molar-refractivity contribution is 5.96. The number of carbonyl (C=O) groups excluding carboxylic acids is 6. The van der Waals surface area contributed by atoms with Crippen molar-refractivity contribution in [2.45, 2.75) is 122 Å². The monoisotopic (exact) mass is 768 g/mol. The summed E-state index contributed by atoms with van der Waals surface area (Å²) in [4.78, 5) is 92.6. The van der Waals surface area contributed by atoms with Gasteiger partial charge in [-0.15, -0.1) is 0 Å². The third kappa shape index (κ3) is 17.1. The number of hydrogen-bond acceptors (Lipinski definition) is 11. The number of carbonyl (C=O) groups is 7. The molecular formula is C34H64N12O8. The van der Waals surface area contributed by atoms with Crippen LogP contribution in [0, 0.1) is 17.2 Å². The Labute approximate surface area is 317 Å². The van der Waals surface area contributed by atoms with Crippen LogP contribution in [-0.4, -0.2) is 126 Å². The largest absolute Gasteiger partial charge is 0.480 e. The van der Waals surface area contributed by atoms with E-state index in [0.29, 0.717) is 45.1 Å². The lowest BCUT2D eigenvalue weighted by molar-refractivity contribution is -0.144. The van der Waals surface area contributed by atoms with Crippen molar-refractivity contribution >= 4 is 47.4 Å². The predicted molar refractivity (Wildman–Crippen MR) is 201 cm³/mol. The topological polar surface area (TPSA) is 343 Å². The molecule has 20 heteroatoms. The highest BCUT2D eigenvalue weighted by Crippen LogP contribution is 2.18. The summed E-state index contributed by atoms with van der Waals surface area (Å²) in [5.74, 6) is -5.65. The average Bonchev–Trinajstić information content (AvgIpc) is 3.60. The van der Waals surface area contributed by atoms with Crippen molar-refractivity contribution in [2.24, 2.45) is 34.8 Å². The van der Waals surface area contributed by atoms with Gasteiger partial charge in [0.2, 0.25) is 35.4 Å². The van der Waals surface area contributed by atoms with Gasteiger partial charge in [-0.1, -0.05) is 27.7 Å². The molecule has 0 unspecified atom stereocenters. The molecule has 1 rings (SSSR count). The lowest BCUT2D eigenvalue weighted by Gasteiger charge is -2.28. The van der Waals surface area contributed by atoms with Gasteiger partial charge >= 0.3 is 5.97 Å². The van der Waals surface area contributed by atoms with Gasteiger partial charge < -0.3 is 64.8 Å². The Kier molecular flexibility index (Phi) is 21.7. The maximum Gasteiger partial charge on any atom is 0.326 e. The lowest BCUT2D eigenvalue weighted by Crippen LogP contribution is -2.59. The molecule has 0 aromatic rings. The first-order valence-electron chi connectivity index (χ1n) is 18.7. The van der Waals surface area contributed by atoms with Crippen molar-refractivity contribution in [2.75, 3.05) is 32.7 Å². The van der Waals surface area contributed by atoms with E-state index in [4.69, 9.17) is 28.3 Å². The van der Waals surface area contributed by atoms with E-state index < -0.39 is 84.2 Å². The van der Waals surface area contributed by atoms with Gasteiger partial charge in [-0.2, -0.15) is 0 Å². The van der Waals surface area contributed by atoms with Gasteiger partial charge in [-0.25, -0.2) is 4.79 Å². The normalized spacial score (nSPS) is 16.8. The molecule has 1 fully saturated rings. The van der Waals surface area contributed by atoms with Crippen LogP contribution in [-0.2, 0) is 33.6 Å². The molecule has 0 radical (unpaired) electrons. The maximum absolute atomic E-state index is 13.7. The third-order valence-electron chi connectivity index (χ3n) is 8.86. The highest BCUT2D eigenvalue weighted by Gasteiger charge is 2.37. The van der Waals surface area contributed by atoms with Crippen molar-refractivity contribution in [3.05, 3.63) is 0 Å². The Hall–Kier alpha value is -4.56. The quantitative estimate of drug-likeness (QED) is 0.0249. The first-order chi connectivity index (χ1) is 25.4. The summed E-state index contributed by atoms with van der Waals surface area (Å²) in [5, 5.41) is 32.6. The smallest absolute Gasteiger partial charge is 0.326 e. The predicted octanol–water partition coefficient (Wildman–Crippen LogP) is -3.11. The summed E-state index contributed by atoms with van der Waals surface area (Å²) in [7, 11) is 0. The molecule has 1 aliphatic heterocycles. The number of nitrogens with one attached hydrogen (secondary N) is 7. The van der Waals surface area contributed by atoms with E-state index in [1.807, 2.05) is 13.8 Å². The zero-order valence-corrected chi connectivity index (χ0v) is 32.1. The molecule has 1 saturated heterocycles. The SMILES string of the molecule is CC(C)C[C@H](NC(=O)[C@H](CCCNC(=N)N)NC(=O)[C@@H](NC(=O)[C@@H](N)CCCN)C(C)C)C(=O)NCC(=O)N1CCC[C@H]1C(=O)N[C@@H](CCCN)C(=O)O. The van der Waals surface area contributed by atoms with Gasteiger partial charge in [0.15, 0.2) is 5.96 Å². The molecule has 0 aromatic heterocycles. The molecule has 0 aliphatic carbocycles. The van der Waals surface area contributed by atoms with E-state index in [2.05, 4.69) is 31.9 Å². The number of carboxylic acids is 1. The number of aliphatic carboxylic acids is 1. The van der Waals surface area contributed by atoms with E-state index in [0.717, 1.165) is 0 Å². The van der Waals surface area contributed by atoms with E-state index >= 15 is 0 Å². The van der Waals surface area contributed by atoms with Gasteiger partial charge in [0.05, 0.1) is 12.6 Å². The summed E-state index contributed by atoms with van der Waals surface area (Å²) in [6.07, 6.45) is 2.73. The number of hydrogen-bond donors (Lipinski definition) is 12. The molecule has 16 N–H and O–H groups in total. The van der Waals surface area contributed by atoms with E-state index in [9.17, 15) is 38.7 Å². The minimum atomic E-state index is -1.21. The molecule has 6 amide bonds. The van der Waals surface area contributed by atoms with E-state index in [1.54, 1.807) is 13.8 Å². The van der Waals surface area contributed by atoms with Crippen molar-refractivity contribution < 1.29 is 38.7 Å². The minimum absolute atomic E-state index is 0.0779. The number of carboxylic acid groups (broad SMARTS) is 1. The molecule has 0 bridgehead atoms. The summed E-state index contributed by atoms with van der Waals surface area (Å²) in [5.41, 5.74) is 22.3. The molecule has 308 valence electrons. The number of nitrogens with zero attached hydrogens (tertiary/aromatic N) is 1. The van der Waals surface area contributed by atoms with E-state index in [1.165, 1.54) is 4.90 Å². The maximum atomic E-state index is 13.7. The van der Waals surface area contributed by atoms with Crippen LogP contribution in [0.1, 0.15) is 85.5 Å². The Balaban J connectivity index is 3.08. The van der Waals surface area contributed by atoms with Crippen molar-refractivity contribution in [3.8, 4) is 0 Å². The molecule has 1 heterocycles. The molecular weight excluding hydrogens is 704 g/mol. The van der Waals surface area contributed by atoms with Crippen molar-refractivity contribution in [1.29, 1.82) is 5.41 Å². The molecule has 0 saturated carbocycles. The lowest BCUT2D eigenvalue weighted by atomic mass is 10.00. The fourth-order valence-electron chi connectivity index (χ4n) is 5.87. The molecule has 0 aromatic carbocycles. The molecule has 20 nitrogen and oxygen atoms in total. The van der Waals surface area contributed by atoms with Crippen LogP contribution in [0.5, 0.6) is 0 Å². The fourth-order valence-corrected chi connectivity index (χ4v) is 5.87. The zero-order chi connectivity index (χ0) is 41.0. The van der Waals surface area contributed by atoms with Crippen molar-refractivity contribution in [3.63, 3.8) is 0 Å². The van der Waals surface area contributed by atoms with Crippen LogP contribution in [0.4, 0.5) is 0 Å². The minimum Gasteiger partial charge on any atom is -0.480 e. The van der Waals surface area contributed by atoms with Gasteiger partial charge in [0, 0.05) is 13.1 Å². The number of rotatable bonds is 25. The first kappa shape index (κ1) is 47.5. The fraction of sp³-hybridized carbons (Fsp3) is 0.765. The number of likely N-dealkylation sites (tertiary alicyclic amines) is 1. The summed E-state index contributed by atoms with van der Waals surface area (Å²) in [6, 6.07) is -6.27. The summed E-state index contributed by atoms with van der Waals surface area (Å²) < 4.78 is 0. The second kappa shape index (κ2) is 24.7. The Morgan fingerprint density at radius 3 is 1.96 bits per heavy atom. The number of amides is 6. The van der Waals surface area contributed by atoms with Crippen LogP contribution in [0.15, 0.2) is 0 Å². The van der Waals surface area contributed by atoms with Gasteiger partial charge in [0.1, 0.15) is 30.2 Å². The molecule has 1 aliphatic rings. The van der Waals surface area contributed by atoms with Crippen molar-refractivity contribution in [1.82, 2.24) is 36.8 Å². The van der Waals surface area contributed by atoms with Crippen LogP contribution in [0.3, 0.4) is 0 Å². The molecule has 54 heavy (non-hydrogen) atoms. The van der Waals surface area contributed by atoms with Gasteiger partial charge in [-0.05, 0) is 82.7 Å². The summed E-state index contributed by atoms with van der Waals surface area (Å²) in [6.45, 7) is 7.68. The molecule has 6 atom stereocenters. The van der Waals surface area contributed by atoms with Gasteiger partial charge in [0.25, 0.3) is 0 Å². The third-order valence-corrected chi connectivity index (χ3v) is 8.86. The zero-order valence-electron chi connectivity index (χ0n) is 32.1. The van der Waals surface area contributed by atoms with Crippen LogP contribution in [0.25, 0.3) is 0 Å². The Bertz CT molecular complexity index is 1280. The number of guanidine groups is 1. The second-order valence-corrected chi connectivity index (χ2v) is 14.3.